The highest BCUT2D eigenvalue weighted by Crippen LogP contribution is 2.21. The molecule has 1 fully saturated rings. The molecule has 0 spiro atoms. The molecular weight excluding hydrogens is 321 g/mol. The fraction of sp³-hybridized carbons (Fsp3) is 0.444. The van der Waals surface area contributed by atoms with Crippen LogP contribution in [-0.4, -0.2) is 50.0 Å². The van der Waals surface area contributed by atoms with E-state index in [1.165, 1.54) is 6.07 Å². The van der Waals surface area contributed by atoms with Crippen molar-refractivity contribution in [3.63, 3.8) is 0 Å². The molecule has 0 amide bonds. The first-order valence-corrected chi connectivity index (χ1v) is 8.69. The van der Waals surface area contributed by atoms with Crippen LogP contribution in [0.4, 0.5) is 4.39 Å². The number of para-hydroxylation sites is 1. The van der Waals surface area contributed by atoms with Crippen LogP contribution < -0.4 is 0 Å². The topological polar surface area (TPSA) is 48.1 Å². The molecule has 6 nitrogen and oxygen atoms in total. The molecule has 0 radical (unpaired) electrons. The van der Waals surface area contributed by atoms with Crippen LogP contribution in [0.5, 0.6) is 0 Å². The predicted octanol–water partition coefficient (Wildman–Crippen LogP) is 2.29. The summed E-state index contributed by atoms with van der Waals surface area (Å²) in [6.45, 7) is 6.63. The van der Waals surface area contributed by atoms with Crippen molar-refractivity contribution in [3.8, 4) is 0 Å². The van der Waals surface area contributed by atoms with E-state index in [-0.39, 0.29) is 11.9 Å². The van der Waals surface area contributed by atoms with E-state index in [2.05, 4.69) is 26.5 Å². The van der Waals surface area contributed by atoms with Crippen molar-refractivity contribution in [2.24, 2.45) is 0 Å². The summed E-state index contributed by atoms with van der Waals surface area (Å²) in [4.78, 5) is 6.89. The number of morpholine rings is 1. The minimum absolute atomic E-state index is 0.102. The van der Waals surface area contributed by atoms with Crippen molar-refractivity contribution in [1.82, 2.24) is 24.2 Å². The van der Waals surface area contributed by atoms with Crippen molar-refractivity contribution in [2.75, 3.05) is 19.7 Å². The van der Waals surface area contributed by atoms with E-state index >= 15 is 0 Å². The van der Waals surface area contributed by atoms with Crippen molar-refractivity contribution in [1.29, 1.82) is 0 Å². The maximum absolute atomic E-state index is 14.0. The zero-order valence-corrected chi connectivity index (χ0v) is 14.3. The van der Waals surface area contributed by atoms with Crippen LogP contribution in [0, 0.1) is 5.82 Å². The summed E-state index contributed by atoms with van der Waals surface area (Å²) in [6.07, 6.45) is 3.82. The van der Waals surface area contributed by atoms with E-state index in [0.29, 0.717) is 18.7 Å². The van der Waals surface area contributed by atoms with E-state index in [4.69, 9.17) is 4.74 Å². The summed E-state index contributed by atoms with van der Waals surface area (Å²) < 4.78 is 23.9. The van der Waals surface area contributed by atoms with Gasteiger partial charge in [-0.2, -0.15) is 5.10 Å². The van der Waals surface area contributed by atoms with Gasteiger partial charge in [-0.25, -0.2) is 9.37 Å². The van der Waals surface area contributed by atoms with Gasteiger partial charge < -0.3 is 9.30 Å². The van der Waals surface area contributed by atoms with Crippen LogP contribution in [-0.2, 0) is 24.4 Å². The second-order valence-electron chi connectivity index (χ2n) is 6.34. The molecule has 0 N–H and O–H groups in total. The quantitative estimate of drug-likeness (QED) is 0.713. The molecule has 132 valence electrons. The molecule has 25 heavy (non-hydrogen) atoms. The minimum atomic E-state index is -0.260. The van der Waals surface area contributed by atoms with Gasteiger partial charge in [-0.3, -0.25) is 9.58 Å². The molecule has 3 heterocycles. The molecule has 1 saturated heterocycles. The first-order chi connectivity index (χ1) is 12.2. The molecule has 1 atom stereocenters. The number of hydrogen-bond acceptors (Lipinski definition) is 4. The van der Waals surface area contributed by atoms with E-state index in [1.54, 1.807) is 12.3 Å². The second kappa shape index (κ2) is 6.93. The molecule has 4 rings (SSSR count). The normalized spacial score (nSPS) is 18.9. The number of ether oxygens (including phenoxy) is 1. The lowest BCUT2D eigenvalue weighted by atomic mass is 10.2. The lowest BCUT2D eigenvalue weighted by Crippen LogP contribution is -2.44. The molecule has 1 aliphatic heterocycles. The number of hydrogen-bond donors (Lipinski definition) is 0. The molecule has 1 aromatic carbocycles. The largest absolute Gasteiger partial charge is 0.374 e. The molecule has 0 saturated carbocycles. The Morgan fingerprint density at radius 1 is 1.32 bits per heavy atom. The summed E-state index contributed by atoms with van der Waals surface area (Å²) in [5.41, 5.74) is 1.32. The zero-order valence-electron chi connectivity index (χ0n) is 14.3. The molecule has 0 aliphatic carbocycles. The summed E-state index contributed by atoms with van der Waals surface area (Å²) in [5.74, 6) is 0.645. The van der Waals surface area contributed by atoms with Crippen LogP contribution >= 0.6 is 0 Å². The Labute approximate surface area is 145 Å². The summed E-state index contributed by atoms with van der Waals surface area (Å²) >= 11 is 0. The maximum Gasteiger partial charge on any atom is 0.151 e. The highest BCUT2D eigenvalue weighted by molar-refractivity contribution is 5.76. The third kappa shape index (κ3) is 3.29. The number of aromatic nitrogens is 4. The Hall–Kier alpha value is -2.25. The van der Waals surface area contributed by atoms with Gasteiger partial charge in [0.25, 0.3) is 0 Å². The average molecular weight is 343 g/mol. The zero-order chi connectivity index (χ0) is 17.2. The fourth-order valence-corrected chi connectivity index (χ4v) is 3.49. The number of rotatable bonds is 5. The van der Waals surface area contributed by atoms with Gasteiger partial charge in [-0.1, -0.05) is 6.07 Å². The van der Waals surface area contributed by atoms with Gasteiger partial charge >= 0.3 is 0 Å². The number of fused-ring (bicyclic) bond motifs is 1. The van der Waals surface area contributed by atoms with Gasteiger partial charge in [0.1, 0.15) is 11.3 Å². The summed E-state index contributed by atoms with van der Waals surface area (Å²) in [5, 5.41) is 4.25. The van der Waals surface area contributed by atoms with E-state index in [0.717, 1.165) is 37.5 Å². The van der Waals surface area contributed by atoms with Crippen LogP contribution in [0.3, 0.4) is 0 Å². The van der Waals surface area contributed by atoms with Crippen molar-refractivity contribution in [2.45, 2.75) is 32.7 Å². The fourth-order valence-electron chi connectivity index (χ4n) is 3.49. The average Bonchev–Trinajstić information content (AvgIpc) is 3.23. The molecule has 1 aliphatic rings. The lowest BCUT2D eigenvalue weighted by Gasteiger charge is -2.32. The SMILES string of the molecule is CCn1c(CN2CCO[C@H](Cn3cccn3)C2)nc2c(F)cccc21. The van der Waals surface area contributed by atoms with E-state index in [1.807, 2.05) is 23.0 Å². The number of nitrogens with zero attached hydrogens (tertiary/aromatic N) is 5. The van der Waals surface area contributed by atoms with Gasteiger partial charge in [-0.05, 0) is 25.1 Å². The third-order valence-electron chi connectivity index (χ3n) is 4.66. The molecular formula is C18H22FN5O. The Balaban J connectivity index is 1.51. The second-order valence-corrected chi connectivity index (χ2v) is 6.34. The summed E-state index contributed by atoms with van der Waals surface area (Å²) in [6, 6.07) is 7.05. The Morgan fingerprint density at radius 2 is 2.24 bits per heavy atom. The Morgan fingerprint density at radius 3 is 3.04 bits per heavy atom. The van der Waals surface area contributed by atoms with Crippen molar-refractivity contribution in [3.05, 3.63) is 48.3 Å². The van der Waals surface area contributed by atoms with Gasteiger partial charge in [0.15, 0.2) is 5.82 Å². The van der Waals surface area contributed by atoms with Crippen molar-refractivity contribution >= 4 is 11.0 Å². The molecule has 3 aromatic rings. The van der Waals surface area contributed by atoms with Gasteiger partial charge in [0.05, 0.1) is 31.3 Å². The standard InChI is InChI=1S/C18H22FN5O/c1-2-24-16-6-3-5-15(19)18(16)21-17(24)13-22-9-10-25-14(11-22)12-23-8-4-7-20-23/h3-8,14H,2,9-13H2,1H3/t14-/m0/s1. The van der Waals surface area contributed by atoms with Crippen LogP contribution in [0.1, 0.15) is 12.7 Å². The number of aryl methyl sites for hydroxylation is 1. The lowest BCUT2D eigenvalue weighted by molar-refractivity contribution is -0.0411. The molecule has 0 bridgehead atoms. The monoisotopic (exact) mass is 343 g/mol. The minimum Gasteiger partial charge on any atom is -0.374 e. The Kier molecular flexibility index (Phi) is 4.50. The van der Waals surface area contributed by atoms with Crippen LogP contribution in [0.25, 0.3) is 11.0 Å². The maximum atomic E-state index is 14.0. The first-order valence-electron chi connectivity index (χ1n) is 8.69. The highest BCUT2D eigenvalue weighted by Gasteiger charge is 2.23. The smallest absolute Gasteiger partial charge is 0.151 e. The number of benzene rings is 1. The van der Waals surface area contributed by atoms with Crippen LogP contribution in [0.15, 0.2) is 36.7 Å². The van der Waals surface area contributed by atoms with Crippen molar-refractivity contribution < 1.29 is 9.13 Å². The van der Waals surface area contributed by atoms with Gasteiger partial charge in [0, 0.05) is 32.0 Å². The molecule has 2 aromatic heterocycles. The van der Waals surface area contributed by atoms with Gasteiger partial charge in [-0.15, -0.1) is 0 Å². The molecule has 0 unspecified atom stereocenters. The number of halogens is 1. The summed E-state index contributed by atoms with van der Waals surface area (Å²) in [7, 11) is 0. The highest BCUT2D eigenvalue weighted by atomic mass is 19.1. The van der Waals surface area contributed by atoms with Gasteiger partial charge in [0.2, 0.25) is 0 Å². The number of imidazole rings is 1. The van der Waals surface area contributed by atoms with E-state index in [9.17, 15) is 4.39 Å². The molecule has 7 heteroatoms. The predicted molar refractivity (Wildman–Crippen MR) is 92.6 cm³/mol. The third-order valence-corrected chi connectivity index (χ3v) is 4.66. The Bertz CT molecular complexity index is 845. The first kappa shape index (κ1) is 16.2. The van der Waals surface area contributed by atoms with Crippen LogP contribution in [0.2, 0.25) is 0 Å². The van der Waals surface area contributed by atoms with E-state index < -0.39 is 0 Å².